The van der Waals surface area contributed by atoms with Gasteiger partial charge in [-0.25, -0.2) is 4.79 Å². The van der Waals surface area contributed by atoms with E-state index in [1.165, 1.54) is 32.4 Å². The third kappa shape index (κ3) is 5.54. The van der Waals surface area contributed by atoms with Gasteiger partial charge in [0.2, 0.25) is 5.75 Å². The van der Waals surface area contributed by atoms with Crippen molar-refractivity contribution >= 4 is 12.0 Å². The lowest BCUT2D eigenvalue weighted by atomic mass is 10.1. The summed E-state index contributed by atoms with van der Waals surface area (Å²) in [5.74, 6) is -0.711. The number of nitrogens with zero attached hydrogens (tertiary/aromatic N) is 1. The van der Waals surface area contributed by atoms with Crippen LogP contribution in [0.15, 0.2) is 48.8 Å². The molecule has 116 valence electrons. The van der Waals surface area contributed by atoms with Crippen LogP contribution in [0, 0.1) is 0 Å². The number of aromatic nitrogens is 1. The van der Waals surface area contributed by atoms with Crippen molar-refractivity contribution in [2.75, 3.05) is 14.2 Å². The number of carbonyl (C=O) groups is 1. The van der Waals surface area contributed by atoms with Crippen molar-refractivity contribution in [2.24, 2.45) is 0 Å². The lowest BCUT2D eigenvalue weighted by molar-refractivity contribution is -0.131. The van der Waals surface area contributed by atoms with E-state index in [-0.39, 0.29) is 17.2 Å². The number of rotatable bonds is 4. The molecule has 1 aromatic carbocycles. The quantitative estimate of drug-likeness (QED) is 0.844. The summed E-state index contributed by atoms with van der Waals surface area (Å²) >= 11 is 0. The number of hydrogen-bond donors (Lipinski definition) is 2. The topological polar surface area (TPSA) is 88.9 Å². The van der Waals surface area contributed by atoms with Crippen LogP contribution >= 0.6 is 0 Å². The lowest BCUT2D eigenvalue weighted by Crippen LogP contribution is -1.91. The number of phenols is 1. The van der Waals surface area contributed by atoms with E-state index in [1.54, 1.807) is 12.4 Å². The molecule has 1 aromatic heterocycles. The van der Waals surface area contributed by atoms with Gasteiger partial charge in [-0.15, -0.1) is 0 Å². The van der Waals surface area contributed by atoms with Crippen LogP contribution in [0.2, 0.25) is 0 Å². The third-order valence-corrected chi connectivity index (χ3v) is 2.49. The highest BCUT2D eigenvalue weighted by Gasteiger charge is 2.09. The maximum absolute atomic E-state index is 10.3. The van der Waals surface area contributed by atoms with Crippen molar-refractivity contribution in [3.63, 3.8) is 0 Å². The first-order valence-corrected chi connectivity index (χ1v) is 6.29. The summed E-state index contributed by atoms with van der Waals surface area (Å²) in [6.07, 6.45) is 5.87. The van der Waals surface area contributed by atoms with Gasteiger partial charge in [-0.1, -0.05) is 6.07 Å². The Hall–Kier alpha value is -3.02. The summed E-state index contributed by atoms with van der Waals surface area (Å²) in [4.78, 5) is 14.1. The van der Waals surface area contributed by atoms with Crippen LogP contribution in [0.3, 0.4) is 0 Å². The molecule has 0 bridgehead atoms. The largest absolute Gasteiger partial charge is 0.502 e. The molecule has 0 spiro atoms. The summed E-state index contributed by atoms with van der Waals surface area (Å²) in [5.41, 5.74) is 0.564. The monoisotopic (exact) mass is 303 g/mol. The smallest absolute Gasteiger partial charge is 0.328 e. The van der Waals surface area contributed by atoms with Crippen LogP contribution in [0.25, 0.3) is 6.08 Å². The summed E-state index contributed by atoms with van der Waals surface area (Å²) in [6, 6.07) is 8.74. The van der Waals surface area contributed by atoms with E-state index >= 15 is 0 Å². The van der Waals surface area contributed by atoms with Gasteiger partial charge in [0.05, 0.1) is 14.2 Å². The number of phenolic OH excluding ortho intramolecular Hbond substituents is 1. The van der Waals surface area contributed by atoms with Gasteiger partial charge in [0, 0.05) is 18.5 Å². The zero-order valence-corrected chi connectivity index (χ0v) is 12.3. The molecule has 0 aliphatic carbocycles. The molecule has 0 saturated heterocycles. The molecule has 0 atom stereocenters. The molecule has 2 aromatic rings. The highest BCUT2D eigenvalue weighted by molar-refractivity contribution is 5.85. The Labute approximate surface area is 128 Å². The van der Waals surface area contributed by atoms with Crippen molar-refractivity contribution in [1.29, 1.82) is 0 Å². The number of carboxylic acid groups (broad SMARTS) is 1. The van der Waals surface area contributed by atoms with Gasteiger partial charge in [-0.3, -0.25) is 4.98 Å². The Kier molecular flexibility index (Phi) is 6.98. The van der Waals surface area contributed by atoms with Crippen molar-refractivity contribution < 1.29 is 24.5 Å². The zero-order chi connectivity index (χ0) is 16.4. The van der Waals surface area contributed by atoms with Crippen LogP contribution in [-0.4, -0.2) is 35.4 Å². The first-order chi connectivity index (χ1) is 10.6. The van der Waals surface area contributed by atoms with E-state index in [4.69, 9.17) is 14.6 Å². The highest BCUT2D eigenvalue weighted by atomic mass is 16.5. The number of ether oxygens (including phenoxy) is 2. The van der Waals surface area contributed by atoms with Crippen LogP contribution < -0.4 is 9.47 Å². The molecule has 1 heterocycles. The van der Waals surface area contributed by atoms with Crippen molar-refractivity contribution in [2.45, 2.75) is 0 Å². The highest BCUT2D eigenvalue weighted by Crippen LogP contribution is 2.37. The third-order valence-electron chi connectivity index (χ3n) is 2.49. The van der Waals surface area contributed by atoms with E-state index in [9.17, 15) is 9.90 Å². The van der Waals surface area contributed by atoms with Gasteiger partial charge in [-0.2, -0.15) is 0 Å². The van der Waals surface area contributed by atoms with Gasteiger partial charge in [0.25, 0.3) is 0 Å². The molecule has 6 heteroatoms. The molecule has 0 aliphatic rings. The van der Waals surface area contributed by atoms with Crippen molar-refractivity contribution in [1.82, 2.24) is 4.98 Å². The summed E-state index contributed by atoms with van der Waals surface area (Å²) in [5, 5.41) is 18.1. The maximum atomic E-state index is 10.3. The van der Waals surface area contributed by atoms with Gasteiger partial charge in [-0.05, 0) is 35.9 Å². The van der Waals surface area contributed by atoms with E-state index < -0.39 is 5.97 Å². The molecule has 2 rings (SSSR count). The number of carboxylic acids is 1. The number of benzene rings is 1. The fraction of sp³-hybridized carbons (Fsp3) is 0.125. The second-order valence-electron chi connectivity index (χ2n) is 3.97. The van der Waals surface area contributed by atoms with Gasteiger partial charge in [0.1, 0.15) is 0 Å². The predicted molar refractivity (Wildman–Crippen MR) is 82.1 cm³/mol. The molecule has 2 N–H and O–H groups in total. The Bertz CT molecular complexity index is 574. The summed E-state index contributed by atoms with van der Waals surface area (Å²) < 4.78 is 9.85. The molecule has 6 nitrogen and oxygen atoms in total. The van der Waals surface area contributed by atoms with Crippen molar-refractivity contribution in [3.8, 4) is 17.2 Å². The molecule has 22 heavy (non-hydrogen) atoms. The molecule has 0 saturated carbocycles. The average Bonchev–Trinajstić information content (AvgIpc) is 2.56. The summed E-state index contributed by atoms with van der Waals surface area (Å²) in [6.45, 7) is 0. The van der Waals surface area contributed by atoms with Crippen LogP contribution in [0.5, 0.6) is 17.2 Å². The molecule has 0 unspecified atom stereocenters. The lowest BCUT2D eigenvalue weighted by Gasteiger charge is -2.09. The number of hydrogen-bond acceptors (Lipinski definition) is 5. The molecular weight excluding hydrogens is 286 g/mol. The average molecular weight is 303 g/mol. The number of aromatic hydroxyl groups is 1. The van der Waals surface area contributed by atoms with Crippen LogP contribution in [0.4, 0.5) is 0 Å². The van der Waals surface area contributed by atoms with Gasteiger partial charge >= 0.3 is 5.97 Å². The van der Waals surface area contributed by atoms with E-state index in [2.05, 4.69) is 4.98 Å². The van der Waals surface area contributed by atoms with E-state index in [0.717, 1.165) is 6.08 Å². The molecule has 0 radical (unpaired) electrons. The Morgan fingerprint density at radius 1 is 1.09 bits per heavy atom. The number of aliphatic carboxylic acids is 1. The minimum atomic E-state index is -1.05. The van der Waals surface area contributed by atoms with Gasteiger partial charge in [0.15, 0.2) is 11.5 Å². The van der Waals surface area contributed by atoms with E-state index in [0.29, 0.717) is 5.56 Å². The number of methoxy groups -OCH3 is 2. The predicted octanol–water partition coefficient (Wildman–Crippen LogP) is 2.59. The molecule has 0 fully saturated rings. The maximum Gasteiger partial charge on any atom is 0.328 e. The Morgan fingerprint density at radius 2 is 1.64 bits per heavy atom. The Morgan fingerprint density at radius 3 is 1.95 bits per heavy atom. The fourth-order valence-corrected chi connectivity index (χ4v) is 1.49. The Balaban J connectivity index is 0.000000335. The molecule has 0 amide bonds. The summed E-state index contributed by atoms with van der Waals surface area (Å²) in [7, 11) is 2.80. The first kappa shape index (κ1) is 17.0. The normalized spacial score (nSPS) is 9.73. The SMILES string of the molecule is COc1cc(/C=C/C(=O)O)cc(OC)c1O.c1ccncc1. The van der Waals surface area contributed by atoms with Crippen molar-refractivity contribution in [3.05, 3.63) is 54.4 Å². The first-order valence-electron chi connectivity index (χ1n) is 6.29. The van der Waals surface area contributed by atoms with Gasteiger partial charge < -0.3 is 19.7 Å². The van der Waals surface area contributed by atoms with Crippen LogP contribution in [0.1, 0.15) is 5.56 Å². The number of pyridine rings is 1. The fourth-order valence-electron chi connectivity index (χ4n) is 1.49. The minimum Gasteiger partial charge on any atom is -0.502 e. The minimum absolute atomic E-state index is 0.113. The molecule has 0 aliphatic heterocycles. The van der Waals surface area contributed by atoms with E-state index in [1.807, 2.05) is 18.2 Å². The zero-order valence-electron chi connectivity index (χ0n) is 12.3. The second kappa shape index (κ2) is 9.02. The molecular formula is C16H17NO5. The van der Waals surface area contributed by atoms with Crippen LogP contribution in [-0.2, 0) is 4.79 Å². The second-order valence-corrected chi connectivity index (χ2v) is 3.97. The standard InChI is InChI=1S/C11H12O5.C5H5N/c1-15-8-5-7(3-4-10(12)13)6-9(16-2)11(8)14;1-2-4-6-5-3-1/h3-6,14H,1-2H3,(H,12,13);1-5H/b4-3+;.